The fraction of sp³-hybridized carbons (Fsp3) is 0.238. The molecule has 1 aliphatic rings. The molecule has 10 heteroatoms. The van der Waals surface area contributed by atoms with Crippen LogP contribution < -0.4 is 15.8 Å². The number of aromatic nitrogens is 3. The van der Waals surface area contributed by atoms with Crippen molar-refractivity contribution in [2.24, 2.45) is 5.73 Å². The molecule has 3 N–H and O–H groups in total. The maximum Gasteiger partial charge on any atom is 0.286 e. The van der Waals surface area contributed by atoms with Crippen LogP contribution in [-0.2, 0) is 18.0 Å². The summed E-state index contributed by atoms with van der Waals surface area (Å²) in [5, 5.41) is 4.89. The van der Waals surface area contributed by atoms with Gasteiger partial charge in [0.25, 0.3) is 5.91 Å². The summed E-state index contributed by atoms with van der Waals surface area (Å²) in [4.78, 5) is 24.8. The Morgan fingerprint density at radius 3 is 2.90 bits per heavy atom. The van der Waals surface area contributed by atoms with E-state index < -0.39 is 5.91 Å². The van der Waals surface area contributed by atoms with Crippen molar-refractivity contribution < 1.29 is 18.7 Å². The monoisotopic (exact) mass is 439 g/mol. The molecule has 1 aromatic carbocycles. The molecular weight excluding hydrogens is 422 g/mol. The summed E-state index contributed by atoms with van der Waals surface area (Å²) >= 11 is 6.01. The number of primary amides is 1. The smallest absolute Gasteiger partial charge is 0.286 e. The lowest BCUT2D eigenvalue weighted by Crippen LogP contribution is -2.13. The number of nitrogens with one attached hydrogen (secondary N) is 1. The molecule has 0 unspecified atom stereocenters. The van der Waals surface area contributed by atoms with E-state index in [2.05, 4.69) is 20.3 Å². The van der Waals surface area contributed by atoms with E-state index in [0.29, 0.717) is 54.0 Å². The Morgan fingerprint density at radius 2 is 2.10 bits per heavy atom. The molecule has 0 fully saturated rings. The van der Waals surface area contributed by atoms with Crippen molar-refractivity contribution in [2.75, 3.05) is 11.9 Å². The van der Waals surface area contributed by atoms with Gasteiger partial charge in [-0.25, -0.2) is 9.97 Å². The predicted octanol–water partition coefficient (Wildman–Crippen LogP) is 4.17. The van der Waals surface area contributed by atoms with Gasteiger partial charge in [0.2, 0.25) is 22.8 Å². The second-order valence-corrected chi connectivity index (χ2v) is 7.41. The standard InChI is InChI=1S/C21H18ClN5O4/c1-2-7-24-17-16-10-3-6-15(25-12(10)4-5-14(16)30-18(17)19(23)28)31-20-11-8-29-9-13(11)26-21(22)27-20/h3-6,24H,2,7-9H2,1H3,(H2,23,28). The highest BCUT2D eigenvalue weighted by Crippen LogP contribution is 2.37. The lowest BCUT2D eigenvalue weighted by atomic mass is 10.1. The van der Waals surface area contributed by atoms with E-state index in [1.54, 1.807) is 18.2 Å². The van der Waals surface area contributed by atoms with Gasteiger partial charge in [0.15, 0.2) is 0 Å². The van der Waals surface area contributed by atoms with Gasteiger partial charge in [-0.1, -0.05) is 6.92 Å². The zero-order valence-electron chi connectivity index (χ0n) is 16.6. The zero-order valence-corrected chi connectivity index (χ0v) is 17.3. The van der Waals surface area contributed by atoms with Crippen LogP contribution in [0.1, 0.15) is 35.2 Å². The normalized spacial score (nSPS) is 13.0. The number of carbonyl (C=O) groups excluding carboxylic acids is 1. The van der Waals surface area contributed by atoms with Gasteiger partial charge in [-0.3, -0.25) is 4.79 Å². The average Bonchev–Trinajstić information content (AvgIpc) is 3.36. The van der Waals surface area contributed by atoms with E-state index in [9.17, 15) is 4.79 Å². The number of fused-ring (bicyclic) bond motifs is 4. The Hall–Kier alpha value is -3.43. The van der Waals surface area contributed by atoms with Gasteiger partial charge >= 0.3 is 0 Å². The second-order valence-electron chi connectivity index (χ2n) is 7.07. The van der Waals surface area contributed by atoms with Crippen LogP contribution in [0.25, 0.3) is 21.9 Å². The minimum atomic E-state index is -0.632. The number of pyridine rings is 1. The predicted molar refractivity (Wildman–Crippen MR) is 114 cm³/mol. The van der Waals surface area contributed by atoms with Gasteiger partial charge in [-0.15, -0.1) is 0 Å². The topological polar surface area (TPSA) is 125 Å². The van der Waals surface area contributed by atoms with E-state index in [1.807, 2.05) is 13.0 Å². The SMILES string of the molecule is CCCNc1c(C(N)=O)oc2ccc3nc(Oc4nc(Cl)nc5c4COC5)ccc3c12. The molecule has 4 heterocycles. The number of ether oxygens (including phenoxy) is 2. The van der Waals surface area contributed by atoms with Crippen molar-refractivity contribution >= 4 is 45.1 Å². The lowest BCUT2D eigenvalue weighted by Gasteiger charge is -2.09. The quantitative estimate of drug-likeness (QED) is 0.429. The molecule has 9 nitrogen and oxygen atoms in total. The van der Waals surface area contributed by atoms with Crippen LogP contribution in [0.3, 0.4) is 0 Å². The number of furan rings is 1. The molecular formula is C21H18ClN5O4. The third-order valence-corrected chi connectivity index (χ3v) is 5.16. The molecule has 4 aromatic rings. The first-order valence-electron chi connectivity index (χ1n) is 9.76. The van der Waals surface area contributed by atoms with Crippen molar-refractivity contribution in [1.82, 2.24) is 15.0 Å². The van der Waals surface area contributed by atoms with E-state index >= 15 is 0 Å². The van der Waals surface area contributed by atoms with E-state index in [0.717, 1.165) is 22.8 Å². The van der Waals surface area contributed by atoms with Crippen molar-refractivity contribution in [3.8, 4) is 11.8 Å². The summed E-state index contributed by atoms with van der Waals surface area (Å²) in [6, 6.07) is 7.13. The Balaban J connectivity index is 1.60. The van der Waals surface area contributed by atoms with E-state index in [-0.39, 0.29) is 11.0 Å². The fourth-order valence-corrected chi connectivity index (χ4v) is 3.79. The molecule has 1 aliphatic heterocycles. The van der Waals surface area contributed by atoms with Crippen LogP contribution in [0.2, 0.25) is 5.28 Å². The first-order chi connectivity index (χ1) is 15.0. The number of hydrogen-bond acceptors (Lipinski definition) is 8. The number of anilines is 1. The summed E-state index contributed by atoms with van der Waals surface area (Å²) in [5.41, 5.74) is 8.77. The third-order valence-electron chi connectivity index (χ3n) is 4.99. The van der Waals surface area contributed by atoms with Crippen molar-refractivity contribution in [2.45, 2.75) is 26.6 Å². The minimum absolute atomic E-state index is 0.0887. The number of carbonyl (C=O) groups is 1. The Morgan fingerprint density at radius 1 is 1.23 bits per heavy atom. The summed E-state index contributed by atoms with van der Waals surface area (Å²) in [6.07, 6.45) is 0.876. The summed E-state index contributed by atoms with van der Waals surface area (Å²) in [5.74, 6) is 0.137. The highest BCUT2D eigenvalue weighted by atomic mass is 35.5. The molecule has 1 amide bonds. The molecule has 31 heavy (non-hydrogen) atoms. The largest absolute Gasteiger partial charge is 0.449 e. The van der Waals surface area contributed by atoms with Crippen molar-refractivity contribution in [3.63, 3.8) is 0 Å². The summed E-state index contributed by atoms with van der Waals surface area (Å²) in [7, 11) is 0. The van der Waals surface area contributed by atoms with Gasteiger partial charge in [0, 0.05) is 18.0 Å². The highest BCUT2D eigenvalue weighted by Gasteiger charge is 2.23. The van der Waals surface area contributed by atoms with Gasteiger partial charge in [-0.05, 0) is 36.2 Å². The van der Waals surface area contributed by atoms with Crippen molar-refractivity contribution in [1.29, 1.82) is 0 Å². The number of halogens is 1. The maximum atomic E-state index is 11.9. The lowest BCUT2D eigenvalue weighted by molar-refractivity contribution is 0.0977. The maximum absolute atomic E-state index is 11.9. The zero-order chi connectivity index (χ0) is 21.5. The van der Waals surface area contributed by atoms with Crippen LogP contribution >= 0.6 is 11.6 Å². The van der Waals surface area contributed by atoms with Crippen LogP contribution in [0.4, 0.5) is 5.69 Å². The summed E-state index contributed by atoms with van der Waals surface area (Å²) < 4.78 is 17.1. The highest BCUT2D eigenvalue weighted by molar-refractivity contribution is 6.28. The average molecular weight is 440 g/mol. The minimum Gasteiger partial charge on any atom is -0.449 e. The number of rotatable bonds is 6. The second kappa shape index (κ2) is 7.68. The van der Waals surface area contributed by atoms with Crippen molar-refractivity contribution in [3.05, 3.63) is 46.6 Å². The van der Waals surface area contributed by atoms with Gasteiger partial charge in [0.1, 0.15) is 5.58 Å². The van der Waals surface area contributed by atoms with Crippen LogP contribution in [0.5, 0.6) is 11.8 Å². The number of amides is 1. The molecule has 0 saturated heterocycles. The molecule has 0 saturated carbocycles. The molecule has 5 rings (SSSR count). The molecule has 0 bridgehead atoms. The molecule has 3 aromatic heterocycles. The molecule has 0 spiro atoms. The van der Waals surface area contributed by atoms with Crippen LogP contribution in [0, 0.1) is 0 Å². The van der Waals surface area contributed by atoms with Crippen LogP contribution in [-0.4, -0.2) is 27.4 Å². The molecule has 0 aliphatic carbocycles. The molecule has 0 atom stereocenters. The first kappa shape index (κ1) is 19.5. The fourth-order valence-electron chi connectivity index (χ4n) is 3.61. The Labute approximate surface area is 181 Å². The number of benzene rings is 1. The first-order valence-corrected chi connectivity index (χ1v) is 10.1. The Kier molecular flexibility index (Phi) is 4.84. The summed E-state index contributed by atoms with van der Waals surface area (Å²) in [6.45, 7) is 3.42. The van der Waals surface area contributed by atoms with Gasteiger partial charge in [-0.2, -0.15) is 4.98 Å². The van der Waals surface area contributed by atoms with E-state index in [1.165, 1.54) is 0 Å². The number of nitrogens with two attached hydrogens (primary N) is 1. The number of hydrogen-bond donors (Lipinski definition) is 2. The van der Waals surface area contributed by atoms with Gasteiger partial charge in [0.05, 0.1) is 41.1 Å². The third kappa shape index (κ3) is 3.41. The van der Waals surface area contributed by atoms with Crippen LogP contribution in [0.15, 0.2) is 28.7 Å². The molecule has 158 valence electrons. The number of nitrogens with zero attached hydrogens (tertiary/aromatic N) is 3. The van der Waals surface area contributed by atoms with E-state index in [4.69, 9.17) is 31.2 Å². The molecule has 0 radical (unpaired) electrons. The van der Waals surface area contributed by atoms with Gasteiger partial charge < -0.3 is 24.9 Å². The Bertz CT molecular complexity index is 1340.